The van der Waals surface area contributed by atoms with Gasteiger partial charge in [0.2, 0.25) is 5.91 Å². The van der Waals surface area contributed by atoms with Gasteiger partial charge in [0.15, 0.2) is 5.96 Å². The molecule has 0 unspecified atom stereocenters. The number of piperazine rings is 1. The summed E-state index contributed by atoms with van der Waals surface area (Å²) in [5, 5.41) is 6.47. The lowest BCUT2D eigenvalue weighted by molar-refractivity contribution is -0.123. The third kappa shape index (κ3) is 8.10. The lowest BCUT2D eigenvalue weighted by Crippen LogP contribution is -2.54. The zero-order valence-corrected chi connectivity index (χ0v) is 22.5. The van der Waals surface area contributed by atoms with Crippen LogP contribution in [0.25, 0.3) is 0 Å². The van der Waals surface area contributed by atoms with Crippen LogP contribution < -0.4 is 15.5 Å². The van der Waals surface area contributed by atoms with Crippen molar-refractivity contribution in [1.82, 2.24) is 20.4 Å². The fourth-order valence-corrected chi connectivity index (χ4v) is 4.29. The zero-order valence-electron chi connectivity index (χ0n) is 20.1. The van der Waals surface area contributed by atoms with E-state index in [1.54, 1.807) is 0 Å². The highest BCUT2D eigenvalue weighted by molar-refractivity contribution is 14.0. The topological polar surface area (TPSA) is 63.2 Å². The molecule has 0 saturated carbocycles. The molecular weight excluding hydrogens is 515 g/mol. The van der Waals surface area contributed by atoms with Gasteiger partial charge >= 0.3 is 0 Å². The van der Waals surface area contributed by atoms with Crippen LogP contribution in [0.15, 0.2) is 29.3 Å². The minimum atomic E-state index is 0. The number of anilines is 1. The molecule has 2 aliphatic heterocycles. The summed E-state index contributed by atoms with van der Waals surface area (Å²) in [7, 11) is 1.84. The Kier molecular flexibility index (Phi) is 11.0. The third-order valence-electron chi connectivity index (χ3n) is 6.24. The van der Waals surface area contributed by atoms with Crippen molar-refractivity contribution in [2.75, 3.05) is 57.8 Å². The molecule has 0 aliphatic carbocycles. The average molecular weight is 557 g/mol. The van der Waals surface area contributed by atoms with Crippen molar-refractivity contribution in [3.8, 4) is 0 Å². The number of rotatable bonds is 6. The van der Waals surface area contributed by atoms with Crippen LogP contribution in [-0.2, 0) is 11.3 Å². The molecule has 1 aromatic rings. The van der Waals surface area contributed by atoms with E-state index in [1.165, 1.54) is 24.1 Å². The number of carbonyl (C=O) groups is 1. The molecule has 180 valence electrons. The van der Waals surface area contributed by atoms with Gasteiger partial charge in [0.1, 0.15) is 0 Å². The van der Waals surface area contributed by atoms with Crippen molar-refractivity contribution in [3.63, 3.8) is 0 Å². The van der Waals surface area contributed by atoms with Crippen LogP contribution in [0, 0.1) is 5.92 Å². The molecule has 2 heterocycles. The molecule has 2 aliphatic rings. The Morgan fingerprint density at radius 1 is 1.06 bits per heavy atom. The van der Waals surface area contributed by atoms with Crippen LogP contribution in [0.3, 0.4) is 0 Å². The number of carbonyl (C=O) groups excluding carboxylic acids is 1. The molecule has 2 N–H and O–H groups in total. The molecular formula is C24H41IN6O. The van der Waals surface area contributed by atoms with E-state index in [0.29, 0.717) is 6.54 Å². The molecule has 0 aromatic heterocycles. The first-order valence-electron chi connectivity index (χ1n) is 11.8. The predicted molar refractivity (Wildman–Crippen MR) is 144 cm³/mol. The smallest absolute Gasteiger partial charge is 0.234 e. The van der Waals surface area contributed by atoms with Gasteiger partial charge < -0.3 is 20.4 Å². The maximum absolute atomic E-state index is 12.0. The molecule has 0 atom stereocenters. The summed E-state index contributed by atoms with van der Waals surface area (Å²) in [6, 6.07) is 9.13. The van der Waals surface area contributed by atoms with Gasteiger partial charge in [0.25, 0.3) is 0 Å². The number of guanidine groups is 1. The van der Waals surface area contributed by atoms with Gasteiger partial charge in [-0.25, -0.2) is 0 Å². The largest absolute Gasteiger partial charge is 0.372 e. The van der Waals surface area contributed by atoms with Gasteiger partial charge in [-0.3, -0.25) is 14.7 Å². The molecule has 32 heavy (non-hydrogen) atoms. The number of nitrogens with zero attached hydrogens (tertiary/aromatic N) is 4. The van der Waals surface area contributed by atoms with Crippen molar-refractivity contribution in [1.29, 1.82) is 0 Å². The predicted octanol–water partition coefficient (Wildman–Crippen LogP) is 2.76. The molecule has 1 aromatic carbocycles. The number of benzene rings is 1. The van der Waals surface area contributed by atoms with Crippen molar-refractivity contribution >= 4 is 41.5 Å². The van der Waals surface area contributed by atoms with Gasteiger partial charge in [0, 0.05) is 64.6 Å². The lowest BCUT2D eigenvalue weighted by Gasteiger charge is -2.36. The molecule has 3 rings (SSSR count). The van der Waals surface area contributed by atoms with E-state index < -0.39 is 0 Å². The summed E-state index contributed by atoms with van der Waals surface area (Å²) in [6.45, 7) is 13.4. The van der Waals surface area contributed by atoms with Crippen molar-refractivity contribution in [2.45, 2.75) is 46.2 Å². The van der Waals surface area contributed by atoms with E-state index in [1.807, 2.05) is 20.9 Å². The maximum atomic E-state index is 12.0. The van der Waals surface area contributed by atoms with E-state index in [4.69, 9.17) is 0 Å². The van der Waals surface area contributed by atoms with Gasteiger partial charge in [-0.15, -0.1) is 24.0 Å². The highest BCUT2D eigenvalue weighted by Crippen LogP contribution is 2.23. The van der Waals surface area contributed by atoms with Gasteiger partial charge in [-0.2, -0.15) is 0 Å². The first-order chi connectivity index (χ1) is 14.9. The van der Waals surface area contributed by atoms with E-state index in [0.717, 1.165) is 57.7 Å². The quantitative estimate of drug-likeness (QED) is 0.321. The number of hydrogen-bond donors (Lipinski definition) is 2. The molecule has 8 heteroatoms. The standard InChI is InChI=1S/C24H40N6O.HI/c1-19(2)27-23(31)18-28-13-15-30(16-14-28)24(25-4)26-17-21-5-7-22(8-6-21)29-11-9-20(3)10-12-29;/h5-8,19-20H,9-18H2,1-4H3,(H,25,26)(H,27,31);1H. The molecule has 0 radical (unpaired) electrons. The number of amides is 1. The van der Waals surface area contributed by atoms with Crippen LogP contribution in [-0.4, -0.2) is 80.6 Å². The van der Waals surface area contributed by atoms with E-state index in [2.05, 4.69) is 61.5 Å². The third-order valence-corrected chi connectivity index (χ3v) is 6.24. The Labute approximate surface area is 211 Å². The number of halogens is 1. The Hall–Kier alpha value is -1.55. The first-order valence-corrected chi connectivity index (χ1v) is 11.8. The average Bonchev–Trinajstić information content (AvgIpc) is 2.76. The highest BCUT2D eigenvalue weighted by Gasteiger charge is 2.21. The molecule has 0 bridgehead atoms. The molecule has 0 spiro atoms. The summed E-state index contributed by atoms with van der Waals surface area (Å²) in [4.78, 5) is 23.4. The van der Waals surface area contributed by atoms with Gasteiger partial charge in [-0.05, 0) is 50.3 Å². The van der Waals surface area contributed by atoms with Gasteiger partial charge in [0.05, 0.1) is 6.54 Å². The fourth-order valence-electron chi connectivity index (χ4n) is 4.29. The van der Waals surface area contributed by atoms with Crippen molar-refractivity contribution in [2.24, 2.45) is 10.9 Å². The Bertz CT molecular complexity index is 723. The maximum Gasteiger partial charge on any atom is 0.234 e. The summed E-state index contributed by atoms with van der Waals surface area (Å²) >= 11 is 0. The van der Waals surface area contributed by atoms with Crippen LogP contribution in [0.2, 0.25) is 0 Å². The van der Waals surface area contributed by atoms with Crippen molar-refractivity contribution < 1.29 is 4.79 Å². The van der Waals surface area contributed by atoms with Crippen LogP contribution in [0.4, 0.5) is 5.69 Å². The minimum absolute atomic E-state index is 0. The summed E-state index contributed by atoms with van der Waals surface area (Å²) < 4.78 is 0. The van der Waals surface area contributed by atoms with Crippen molar-refractivity contribution in [3.05, 3.63) is 29.8 Å². The monoisotopic (exact) mass is 556 g/mol. The minimum Gasteiger partial charge on any atom is -0.372 e. The zero-order chi connectivity index (χ0) is 22.2. The second-order valence-electron chi connectivity index (χ2n) is 9.22. The number of aliphatic imine (C=N–C) groups is 1. The summed E-state index contributed by atoms with van der Waals surface area (Å²) in [5.74, 6) is 1.89. The molecule has 2 fully saturated rings. The van der Waals surface area contributed by atoms with E-state index >= 15 is 0 Å². The normalized spacial score (nSPS) is 18.5. The molecule has 1 amide bonds. The highest BCUT2D eigenvalue weighted by atomic mass is 127. The fraction of sp³-hybridized carbons (Fsp3) is 0.667. The Morgan fingerprint density at radius 3 is 2.25 bits per heavy atom. The SMILES string of the molecule is CN=C(NCc1ccc(N2CCC(C)CC2)cc1)N1CCN(CC(=O)NC(C)C)CC1.I. The molecule has 7 nitrogen and oxygen atoms in total. The number of hydrogen-bond acceptors (Lipinski definition) is 4. The number of piperidine rings is 1. The summed E-state index contributed by atoms with van der Waals surface area (Å²) in [5.41, 5.74) is 2.59. The van der Waals surface area contributed by atoms with Crippen LogP contribution >= 0.6 is 24.0 Å². The van der Waals surface area contributed by atoms with Crippen LogP contribution in [0.5, 0.6) is 0 Å². The van der Waals surface area contributed by atoms with E-state index in [-0.39, 0.29) is 35.9 Å². The van der Waals surface area contributed by atoms with E-state index in [9.17, 15) is 4.79 Å². The van der Waals surface area contributed by atoms with Gasteiger partial charge in [-0.1, -0.05) is 19.1 Å². The first kappa shape index (κ1) is 26.7. The Balaban J connectivity index is 0.00000363. The lowest BCUT2D eigenvalue weighted by atomic mass is 9.99. The second-order valence-corrected chi connectivity index (χ2v) is 9.22. The van der Waals surface area contributed by atoms with Crippen LogP contribution in [0.1, 0.15) is 39.2 Å². The number of nitrogens with one attached hydrogen (secondary N) is 2. The molecule has 2 saturated heterocycles. The summed E-state index contributed by atoms with van der Waals surface area (Å²) in [6.07, 6.45) is 2.57. The Morgan fingerprint density at radius 2 is 1.69 bits per heavy atom. The second kappa shape index (κ2) is 13.2.